The summed E-state index contributed by atoms with van der Waals surface area (Å²) in [4.78, 5) is 58.8. The van der Waals surface area contributed by atoms with Crippen LogP contribution < -0.4 is 4.74 Å². The molecule has 2 bridgehead atoms. The smallest absolute Gasteiger partial charge is 0.329 e. The molecular formula is C58H80N2O12. The van der Waals surface area contributed by atoms with Crippen molar-refractivity contribution in [2.45, 2.75) is 167 Å². The van der Waals surface area contributed by atoms with Crippen LogP contribution in [-0.4, -0.2) is 126 Å². The molecule has 72 heavy (non-hydrogen) atoms. The first kappa shape index (κ1) is 55.1. The lowest BCUT2D eigenvalue weighted by Gasteiger charge is -2.47. The summed E-state index contributed by atoms with van der Waals surface area (Å²) in [7, 11) is 6.82. The topological polar surface area (TPSA) is 172 Å². The Kier molecular flexibility index (Phi) is 18.4. The number of allylic oxidation sites excluding steroid dienone is 3. The number of piperidine rings is 1. The van der Waals surface area contributed by atoms with Crippen LogP contribution in [0.3, 0.4) is 0 Å². The Bertz CT molecular complexity index is 2430. The number of fused-ring (bicyclic) bond motifs is 4. The zero-order valence-corrected chi connectivity index (χ0v) is 44.2. The van der Waals surface area contributed by atoms with Crippen LogP contribution in [0.25, 0.3) is 22.0 Å². The van der Waals surface area contributed by atoms with Gasteiger partial charge in [0.15, 0.2) is 0 Å². The highest BCUT2D eigenvalue weighted by atomic mass is 16.7. The average molecular weight is 997 g/mol. The van der Waals surface area contributed by atoms with Crippen molar-refractivity contribution >= 4 is 34.3 Å². The molecule has 14 nitrogen and oxygen atoms in total. The summed E-state index contributed by atoms with van der Waals surface area (Å²) in [5, 5.41) is 25.2. The van der Waals surface area contributed by atoms with E-state index in [0.29, 0.717) is 50.5 Å². The van der Waals surface area contributed by atoms with Gasteiger partial charge in [0, 0.05) is 81.8 Å². The number of amides is 1. The van der Waals surface area contributed by atoms with Gasteiger partial charge in [-0.3, -0.25) is 14.4 Å². The first-order chi connectivity index (χ1) is 34.4. The first-order valence-electron chi connectivity index (χ1n) is 26.3. The Hall–Kier alpha value is -4.70. The zero-order valence-electron chi connectivity index (χ0n) is 44.2. The predicted octanol–water partition coefficient (Wildman–Crippen LogP) is 8.72. The summed E-state index contributed by atoms with van der Waals surface area (Å²) in [5.41, 5.74) is 5.04. The molecular weight excluding hydrogens is 917 g/mol. The van der Waals surface area contributed by atoms with Gasteiger partial charge in [0.25, 0.3) is 11.7 Å². The van der Waals surface area contributed by atoms with Crippen LogP contribution in [0.5, 0.6) is 5.75 Å². The number of aliphatic hydroxyl groups is 2. The number of aliphatic hydroxyl groups excluding tert-OH is 1. The highest BCUT2D eigenvalue weighted by Gasteiger charge is 2.56. The standard InChI is InChI=1S/C58H80N2O12/c1-11-40-26-34(2)25-35(3)27-51(68-9)54-52(69-10)29-37(5)58(66,72-54)55(63)56(64)60-24-16-15-19-46(60)57(65)71-53(38(6)47(61)32-48(40)62)36(4)28-39-20-23-49(50(30-39)67-8)70-42-21-22-45-43(31-42)44(33-59(45)7)41-17-13-12-14-18-41/h12-14,17-18,21-22,26,28,31,33,35,37-40,46-47,49-54,61,66H,11,15-16,19-20,23-25,27,29-30,32H2,1-10H3. The second-order valence-corrected chi connectivity index (χ2v) is 21.4. The third-order valence-electron chi connectivity index (χ3n) is 16.2. The lowest BCUT2D eigenvalue weighted by Crippen LogP contribution is -2.64. The molecule has 1 aromatic heterocycles. The Morgan fingerprint density at radius 2 is 1.58 bits per heavy atom. The molecule has 2 N–H and O–H groups in total. The van der Waals surface area contributed by atoms with Gasteiger partial charge in [0.05, 0.1) is 24.4 Å². The van der Waals surface area contributed by atoms with E-state index in [1.165, 1.54) is 4.90 Å². The maximum Gasteiger partial charge on any atom is 0.329 e. The fourth-order valence-electron chi connectivity index (χ4n) is 12.0. The van der Waals surface area contributed by atoms with Crippen LogP contribution in [-0.2, 0) is 49.9 Å². The maximum absolute atomic E-state index is 14.7. The minimum Gasteiger partial charge on any atom is -0.488 e. The first-order valence-corrected chi connectivity index (χ1v) is 26.3. The minimum absolute atomic E-state index is 0.00581. The molecule has 394 valence electrons. The number of Topliss-reactive ketones (excluding diaryl/α,β-unsaturated/α-hetero) is 2. The molecule has 1 aliphatic carbocycles. The van der Waals surface area contributed by atoms with E-state index < -0.39 is 77.8 Å². The molecule has 14 heteroatoms. The number of aryl methyl sites for hydroxylation is 1. The van der Waals surface area contributed by atoms with Crippen molar-refractivity contribution in [3.05, 3.63) is 78.0 Å². The molecule has 3 fully saturated rings. The molecule has 1 saturated carbocycles. The van der Waals surface area contributed by atoms with Crippen LogP contribution in [0.2, 0.25) is 0 Å². The number of ketones is 2. The number of ether oxygens (including phenoxy) is 6. The van der Waals surface area contributed by atoms with E-state index in [9.17, 15) is 29.4 Å². The van der Waals surface area contributed by atoms with Crippen LogP contribution in [0, 0.1) is 29.6 Å². The van der Waals surface area contributed by atoms with Crippen molar-refractivity contribution in [1.82, 2.24) is 9.47 Å². The summed E-state index contributed by atoms with van der Waals surface area (Å²) < 4.78 is 39.5. The Labute approximate surface area is 426 Å². The second kappa shape index (κ2) is 24.1. The molecule has 2 saturated heterocycles. The van der Waals surface area contributed by atoms with Gasteiger partial charge in [-0.2, -0.15) is 0 Å². The number of carbonyl (C=O) groups excluding carboxylic acids is 4. The van der Waals surface area contributed by atoms with Gasteiger partial charge >= 0.3 is 5.97 Å². The molecule has 14 unspecified atom stereocenters. The molecule has 1 amide bonds. The highest BCUT2D eigenvalue weighted by Crippen LogP contribution is 2.40. The van der Waals surface area contributed by atoms with E-state index >= 15 is 0 Å². The quantitative estimate of drug-likeness (QED) is 0.119. The third kappa shape index (κ3) is 12.1. The summed E-state index contributed by atoms with van der Waals surface area (Å²) in [5.74, 6) is -6.80. The predicted molar refractivity (Wildman–Crippen MR) is 275 cm³/mol. The number of nitrogens with zero attached hydrogens (tertiary/aromatic N) is 2. The van der Waals surface area contributed by atoms with E-state index in [4.69, 9.17) is 28.4 Å². The minimum atomic E-state index is -2.52. The van der Waals surface area contributed by atoms with Crippen LogP contribution in [0.1, 0.15) is 112 Å². The van der Waals surface area contributed by atoms with Crippen molar-refractivity contribution in [2.24, 2.45) is 36.6 Å². The molecule has 7 rings (SSSR count). The fourth-order valence-corrected chi connectivity index (χ4v) is 12.0. The normalized spacial score (nSPS) is 34.2. The summed E-state index contributed by atoms with van der Waals surface area (Å²) >= 11 is 0. The van der Waals surface area contributed by atoms with Gasteiger partial charge in [-0.1, -0.05) is 75.8 Å². The number of aromatic nitrogens is 1. The van der Waals surface area contributed by atoms with Crippen molar-refractivity contribution < 1.29 is 57.8 Å². The third-order valence-corrected chi connectivity index (χ3v) is 16.2. The Morgan fingerprint density at radius 1 is 0.875 bits per heavy atom. The molecule has 0 spiro atoms. The zero-order chi connectivity index (χ0) is 52.0. The van der Waals surface area contributed by atoms with Crippen molar-refractivity contribution in [1.29, 1.82) is 0 Å². The number of benzene rings is 2. The van der Waals surface area contributed by atoms with Crippen LogP contribution >= 0.6 is 0 Å². The van der Waals surface area contributed by atoms with E-state index in [1.807, 2.05) is 58.2 Å². The number of carbonyl (C=O) groups is 4. The number of hydrogen-bond acceptors (Lipinski definition) is 12. The van der Waals surface area contributed by atoms with Crippen LogP contribution in [0.15, 0.2) is 78.0 Å². The number of esters is 1. The lowest BCUT2D eigenvalue weighted by molar-refractivity contribution is -0.302. The van der Waals surface area contributed by atoms with Crippen LogP contribution in [0.4, 0.5) is 0 Å². The van der Waals surface area contributed by atoms with Gasteiger partial charge < -0.3 is 48.1 Å². The van der Waals surface area contributed by atoms with Gasteiger partial charge in [-0.05, 0) is 119 Å². The van der Waals surface area contributed by atoms with E-state index in [1.54, 1.807) is 35.2 Å². The Balaban J connectivity index is 1.16. The number of hydrogen-bond donors (Lipinski definition) is 2. The number of methoxy groups -OCH3 is 3. The second-order valence-electron chi connectivity index (χ2n) is 21.4. The van der Waals surface area contributed by atoms with Gasteiger partial charge in [0.1, 0.15) is 35.9 Å². The number of cyclic esters (lactones) is 1. The van der Waals surface area contributed by atoms with Crippen molar-refractivity contribution in [3.8, 4) is 16.9 Å². The molecule has 3 aromatic rings. The van der Waals surface area contributed by atoms with Gasteiger partial charge in [-0.25, -0.2) is 4.79 Å². The molecule has 2 aromatic carbocycles. The van der Waals surface area contributed by atoms with E-state index in [2.05, 4.69) is 48.0 Å². The molecule has 3 aliphatic heterocycles. The molecule has 0 radical (unpaired) electrons. The molecule has 14 atom stereocenters. The monoisotopic (exact) mass is 997 g/mol. The lowest BCUT2D eigenvalue weighted by atomic mass is 9.81. The Morgan fingerprint density at radius 3 is 2.28 bits per heavy atom. The molecule has 4 aliphatic rings. The summed E-state index contributed by atoms with van der Waals surface area (Å²) in [6, 6.07) is 15.3. The fraction of sp³-hybridized carbons (Fsp3) is 0.621. The summed E-state index contributed by atoms with van der Waals surface area (Å²) in [6.07, 6.45) is 6.58. The number of rotatable bonds is 9. The average Bonchev–Trinajstić information content (AvgIpc) is 3.71. The largest absolute Gasteiger partial charge is 0.488 e. The maximum atomic E-state index is 14.7. The SMILES string of the molecule is CCC1C=C(C)CC(C)CC(OC)C2OC(O)(C(=O)C(=O)N3CCCCC3C(=O)OC(C(C)=CC3CCC(Oc4ccc5c(c4)c(-c4ccccc4)cn5C)C(OC)C3)C(C)C(O)CC1=O)C(C)CC2OC. The van der Waals surface area contributed by atoms with Crippen molar-refractivity contribution in [2.75, 3.05) is 27.9 Å². The highest BCUT2D eigenvalue weighted by molar-refractivity contribution is 6.39. The molecule has 4 heterocycles. The van der Waals surface area contributed by atoms with E-state index in [0.717, 1.165) is 39.8 Å². The van der Waals surface area contributed by atoms with E-state index in [-0.39, 0.29) is 55.6 Å². The van der Waals surface area contributed by atoms with Gasteiger partial charge in [-0.15, -0.1) is 0 Å². The van der Waals surface area contributed by atoms with Crippen molar-refractivity contribution in [3.63, 3.8) is 0 Å². The van der Waals surface area contributed by atoms with Gasteiger partial charge in [0.2, 0.25) is 5.79 Å². The summed E-state index contributed by atoms with van der Waals surface area (Å²) in [6.45, 7) is 11.4.